The van der Waals surface area contributed by atoms with Crippen LogP contribution in [0.25, 0.3) is 10.9 Å². The number of carboxylic acid groups (broad SMARTS) is 1. The van der Waals surface area contributed by atoms with Gasteiger partial charge in [0.25, 0.3) is 0 Å². The van der Waals surface area contributed by atoms with Crippen molar-refractivity contribution >= 4 is 145 Å². The molecule has 13 atom stereocenters. The molecular formula is C85H137N33O17S2. The fourth-order valence-electron chi connectivity index (χ4n) is 14.2. The molecule has 1 aliphatic rings. The van der Waals surface area contributed by atoms with Crippen molar-refractivity contribution < 1.29 is 82.4 Å². The summed E-state index contributed by atoms with van der Waals surface area (Å²) in [6.45, 7) is -0.439. The second kappa shape index (κ2) is 62.0. The average molecular weight is 1960 g/mol. The molecule has 45 N–H and O–H groups in total. The number of amides is 13. The molecule has 2 heterocycles. The molecule has 52 heteroatoms. The summed E-state index contributed by atoms with van der Waals surface area (Å²) in [5.74, 6) is -18.3. The third kappa shape index (κ3) is 44.1. The number of aromatic hydroxyl groups is 2. The number of phenols is 2. The first-order valence-corrected chi connectivity index (χ1v) is 47.6. The first-order valence-electron chi connectivity index (χ1n) is 45.1. The number of carboxylic acids is 1. The summed E-state index contributed by atoms with van der Waals surface area (Å²) in [4.78, 5) is 212. The minimum atomic E-state index is -1.88. The Balaban J connectivity index is 1.80. The molecule has 0 radical (unpaired) electrons. The molecule has 1 aromatic heterocycles. The molecule has 1 saturated heterocycles. The number of para-hydroxylation sites is 1. The number of H-pyrrole nitrogens is 1. The van der Waals surface area contributed by atoms with Crippen LogP contribution in [0.4, 0.5) is 0 Å². The zero-order chi connectivity index (χ0) is 101. The van der Waals surface area contributed by atoms with E-state index in [1.54, 1.807) is 30.5 Å². The highest BCUT2D eigenvalue weighted by molar-refractivity contribution is 8.76. The smallest absolute Gasteiger partial charge is 0.326 e. The number of aromatic amines is 1. The van der Waals surface area contributed by atoms with Crippen LogP contribution in [0.3, 0.4) is 0 Å². The Hall–Kier alpha value is -13.7. The van der Waals surface area contributed by atoms with Crippen molar-refractivity contribution in [2.75, 3.05) is 70.4 Å². The quantitative estimate of drug-likeness (QED) is 0.00846. The van der Waals surface area contributed by atoms with Gasteiger partial charge in [-0.05, 0) is 189 Å². The van der Waals surface area contributed by atoms with E-state index in [0.717, 1.165) is 21.6 Å². The Morgan fingerprint density at radius 1 is 0.416 bits per heavy atom. The molecule has 1 fully saturated rings. The largest absolute Gasteiger partial charge is 0.508 e. The molecule has 0 bridgehead atoms. The maximum atomic E-state index is 15.9. The number of hydrogen-bond donors (Lipinski definition) is 36. The normalized spacial score (nSPS) is 19.6. The van der Waals surface area contributed by atoms with Crippen LogP contribution in [0, 0.1) is 27.0 Å². The number of unbranched alkanes of at least 4 members (excludes halogenated alkanes) is 3. The first-order chi connectivity index (χ1) is 65.4. The third-order valence-electron chi connectivity index (χ3n) is 21.5. The molecule has 50 nitrogen and oxygen atoms in total. The number of phenolic OH excluding ortho intramolecular Hbond substituents is 2. The SMILES string of the molecule is N=C(N)NCCC[C@H](NC(=O)[C@@H]1CSSC[C@H](NC(=O)[C@H](Cc2c[nH]c3ccccc23)NC(=O)[C@H](CCCNC(=N)N)NC(=O)[C@@H](N)CCCNC(=N)N)C(=O)N[C@@H](Cc2ccc(O)cc2)C(=O)N[C@@H](CCCNC(=N)N)C(=O)N[C@@H](CCCCN)C(=O)N[C@@H](CCCCN)C(=O)NCC(=O)N[C@@H](Cc2ccc(O)cc2)C(=O)N[C@@H](CCCNC(=N)N)C(=O)N[C@@H](CCCCN)C(=O)N1)C(=O)O. The monoisotopic (exact) mass is 1960 g/mol. The van der Waals surface area contributed by atoms with E-state index in [-0.39, 0.29) is 197 Å². The lowest BCUT2D eigenvalue weighted by Crippen LogP contribution is -2.61. The maximum absolute atomic E-state index is 15.9. The first kappa shape index (κ1) is 114. The second-order valence-corrected chi connectivity index (χ2v) is 35.1. The van der Waals surface area contributed by atoms with Gasteiger partial charge in [0.2, 0.25) is 76.8 Å². The highest BCUT2D eigenvalue weighted by Gasteiger charge is 2.39. The van der Waals surface area contributed by atoms with Gasteiger partial charge in [-0.3, -0.25) is 89.4 Å². The maximum Gasteiger partial charge on any atom is 0.326 e. The summed E-state index contributed by atoms with van der Waals surface area (Å²) in [7, 11) is 1.53. The fourth-order valence-corrected chi connectivity index (χ4v) is 16.5. The predicted octanol–water partition coefficient (Wildman–Crippen LogP) is -6.95. The zero-order valence-electron chi connectivity index (χ0n) is 76.4. The average Bonchev–Trinajstić information content (AvgIpc) is 1.68. The highest BCUT2D eigenvalue weighted by atomic mass is 33.1. The van der Waals surface area contributed by atoms with E-state index in [0.29, 0.717) is 34.9 Å². The van der Waals surface area contributed by atoms with Crippen molar-refractivity contribution in [2.45, 2.75) is 220 Å². The Labute approximate surface area is 800 Å². The Morgan fingerprint density at radius 3 is 1.26 bits per heavy atom. The number of aliphatic carboxylic acids is 1. The van der Waals surface area contributed by atoms with Crippen molar-refractivity contribution in [3.63, 3.8) is 0 Å². The van der Waals surface area contributed by atoms with Crippen LogP contribution < -0.4 is 147 Å². The number of guanidine groups is 5. The number of fused-ring (bicyclic) bond motifs is 1. The zero-order valence-corrected chi connectivity index (χ0v) is 78.0. The standard InChI is InChI=1S/C85H137N33O17S2/c86-32-6-3-17-55-69(123)106-44-67(121)107-62(40-47-24-28-50(119)29-25-47)75(129)112-59(21-11-37-102-83(94)95)71(125)111-57(19-5-8-34-88)74(128)117-65(78(132)114-61(80(134)135)23-13-39-104-85(98)99)45-136-137-46-66(79(133)115-63(41-48-26-30-51(120)31-27-48)76(130)113-60(22-12-38-103-84(96)97)72(126)110-56(70(124)109-55)18-4-7-33-87)118-77(131)64(42-49-43-105-54-16-2-1-14-52(49)54)116-73(127)58(20-10-36-101-82(92)93)108-68(122)53(89)15-9-35-100-81(90)91/h1-2,14,16,24-31,43,53,55-66,105,119-120H,3-13,15,17-23,32-42,44-46,86-89H2,(H,106,123)(H,107,121)(H,108,122)(H,109,124)(H,110,126)(H,111,125)(H,112,129)(H,113,130)(H,114,132)(H,115,133)(H,116,127)(H,117,128)(H,118,131)(H,134,135)(H4,90,91,100)(H4,92,93,101)(H4,94,95,102)(H4,96,97,103)(H4,98,99,104)/t53-,55-,56-,57-,58-,59-,60-,61-,62-,63-,64-,65-,66-/m0/s1. The summed E-state index contributed by atoms with van der Waals surface area (Å²) in [6, 6.07) is -3.18. The second-order valence-electron chi connectivity index (χ2n) is 32.6. The number of nitrogens with one attached hydrogen (secondary N) is 24. The van der Waals surface area contributed by atoms with Crippen LogP contribution >= 0.6 is 21.6 Å². The minimum Gasteiger partial charge on any atom is -0.508 e. The summed E-state index contributed by atoms with van der Waals surface area (Å²) >= 11 is 0. The van der Waals surface area contributed by atoms with Crippen molar-refractivity contribution in [3.8, 4) is 11.5 Å². The molecular weight excluding hydrogens is 1820 g/mol. The van der Waals surface area contributed by atoms with Gasteiger partial charge in [0.1, 0.15) is 84.0 Å². The van der Waals surface area contributed by atoms with E-state index >= 15 is 38.4 Å². The van der Waals surface area contributed by atoms with Crippen LogP contribution in [-0.2, 0) is 86.4 Å². The number of nitrogens with two attached hydrogens (primary N) is 9. The molecule has 3 aromatic carbocycles. The molecule has 5 rings (SSSR count). The van der Waals surface area contributed by atoms with E-state index in [4.69, 9.17) is 78.6 Å². The van der Waals surface area contributed by atoms with E-state index in [9.17, 15) is 44.1 Å². The van der Waals surface area contributed by atoms with Crippen molar-refractivity contribution in [1.29, 1.82) is 27.0 Å². The number of carbonyl (C=O) groups is 14. The molecule has 756 valence electrons. The van der Waals surface area contributed by atoms with Gasteiger partial charge in [0.15, 0.2) is 29.8 Å². The number of benzene rings is 3. The van der Waals surface area contributed by atoms with E-state index in [1.165, 1.54) is 48.5 Å². The van der Waals surface area contributed by atoms with Gasteiger partial charge in [0.05, 0.1) is 12.6 Å². The molecule has 0 aliphatic carbocycles. The van der Waals surface area contributed by atoms with E-state index < -0.39 is 210 Å². The Bertz CT molecular complexity index is 4670. The van der Waals surface area contributed by atoms with Gasteiger partial charge in [-0.15, -0.1) is 0 Å². The molecule has 0 spiro atoms. The summed E-state index contributed by atoms with van der Waals surface area (Å²) in [5, 5.41) is 118. The highest BCUT2D eigenvalue weighted by Crippen LogP contribution is 2.26. The van der Waals surface area contributed by atoms with Gasteiger partial charge >= 0.3 is 5.97 Å². The third-order valence-corrected chi connectivity index (χ3v) is 24.0. The lowest BCUT2D eigenvalue weighted by molar-refractivity contribution is -0.142. The van der Waals surface area contributed by atoms with E-state index in [1.807, 2.05) is 0 Å². The molecule has 4 aromatic rings. The van der Waals surface area contributed by atoms with Crippen molar-refractivity contribution in [1.82, 2.24) is 101 Å². The number of carbonyl (C=O) groups excluding carboxylic acids is 13. The van der Waals surface area contributed by atoms with E-state index in [2.05, 4.69) is 101 Å². The number of hydrogen-bond acceptors (Lipinski definition) is 27. The molecule has 13 amide bonds. The minimum absolute atomic E-state index is 0.00329. The lowest BCUT2D eigenvalue weighted by Gasteiger charge is -2.28. The van der Waals surface area contributed by atoms with Gasteiger partial charge in [-0.25, -0.2) is 4.79 Å². The molecule has 137 heavy (non-hydrogen) atoms. The van der Waals surface area contributed by atoms with Crippen LogP contribution in [0.5, 0.6) is 11.5 Å². The summed E-state index contributed by atoms with van der Waals surface area (Å²) in [6.07, 6.45) is 0.859. The lowest BCUT2D eigenvalue weighted by atomic mass is 10.0. The predicted molar refractivity (Wildman–Crippen MR) is 517 cm³/mol. The van der Waals surface area contributed by atoms with Crippen LogP contribution in [0.1, 0.15) is 139 Å². The summed E-state index contributed by atoms with van der Waals surface area (Å²) < 4.78 is 0. The van der Waals surface area contributed by atoms with Gasteiger partial charge < -0.3 is 168 Å². The fraction of sp³-hybridized carbons (Fsp3) is 0.541. The van der Waals surface area contributed by atoms with Gasteiger partial charge in [-0.2, -0.15) is 0 Å². The van der Waals surface area contributed by atoms with Crippen molar-refractivity contribution in [2.24, 2.45) is 51.6 Å². The molecule has 1 aliphatic heterocycles. The molecule has 0 saturated carbocycles. The topological polar surface area (TPSA) is 885 Å². The van der Waals surface area contributed by atoms with Gasteiger partial charge in [0, 0.05) is 80.6 Å². The van der Waals surface area contributed by atoms with Crippen LogP contribution in [0.15, 0.2) is 79.0 Å². The Kier molecular flexibility index (Phi) is 51.5. The number of rotatable bonds is 47. The van der Waals surface area contributed by atoms with Gasteiger partial charge in [-0.1, -0.05) is 64.1 Å². The number of aromatic nitrogens is 1. The Morgan fingerprint density at radius 2 is 0.803 bits per heavy atom. The van der Waals surface area contributed by atoms with Crippen molar-refractivity contribution in [3.05, 3.63) is 95.7 Å². The molecule has 0 unspecified atom stereocenters. The van der Waals surface area contributed by atoms with Crippen LogP contribution in [-0.4, -0.2) is 282 Å². The van der Waals surface area contributed by atoms with Crippen LogP contribution in [0.2, 0.25) is 0 Å². The summed E-state index contributed by atoms with van der Waals surface area (Å²) in [5.41, 5.74) is 53.7.